The Morgan fingerprint density at radius 1 is 1.33 bits per heavy atom. The van der Waals surface area contributed by atoms with E-state index < -0.39 is 12.0 Å². The van der Waals surface area contributed by atoms with Gasteiger partial charge in [0.05, 0.1) is 11.7 Å². The minimum absolute atomic E-state index is 0.00692. The van der Waals surface area contributed by atoms with Gasteiger partial charge in [0.25, 0.3) is 5.91 Å². The van der Waals surface area contributed by atoms with E-state index in [0.29, 0.717) is 30.0 Å². The number of nitrogens with one attached hydrogen (secondary N) is 1. The first-order chi connectivity index (χ1) is 11.6. The molecule has 2 aromatic rings. The number of benzene rings is 1. The van der Waals surface area contributed by atoms with Crippen molar-refractivity contribution < 1.29 is 23.6 Å². The number of halogens is 1. The van der Waals surface area contributed by atoms with Crippen molar-refractivity contribution in [2.45, 2.75) is 31.9 Å². The maximum Gasteiger partial charge on any atom is 0.290 e. The molecule has 1 saturated heterocycles. The lowest BCUT2D eigenvalue weighted by molar-refractivity contribution is 0.0675. The third-order valence-corrected chi connectivity index (χ3v) is 4.03. The summed E-state index contributed by atoms with van der Waals surface area (Å²) < 4.78 is 23.5. The molecule has 6 nitrogen and oxygen atoms in total. The molecular weight excluding hydrogens is 315 g/mol. The number of hydrogen-bond donors (Lipinski definition) is 2. The zero-order chi connectivity index (χ0) is 17.1. The molecule has 1 aromatic carbocycles. The van der Waals surface area contributed by atoms with Crippen LogP contribution >= 0.6 is 0 Å². The summed E-state index contributed by atoms with van der Waals surface area (Å²) in [5.74, 6) is -0.812. The number of aromatic nitrogens is 1. The highest BCUT2D eigenvalue weighted by atomic mass is 19.1. The van der Waals surface area contributed by atoms with Gasteiger partial charge >= 0.3 is 0 Å². The average molecular weight is 334 g/mol. The molecule has 128 valence electrons. The Morgan fingerprint density at radius 3 is 2.62 bits per heavy atom. The van der Waals surface area contributed by atoms with Crippen LogP contribution < -0.4 is 5.32 Å². The molecule has 1 aromatic heterocycles. The van der Waals surface area contributed by atoms with E-state index >= 15 is 0 Å². The Labute approximate surface area is 138 Å². The van der Waals surface area contributed by atoms with E-state index in [1.807, 2.05) is 0 Å². The van der Waals surface area contributed by atoms with E-state index in [2.05, 4.69) is 10.5 Å². The number of aliphatic hydroxyl groups is 1. The molecule has 3 rings (SSSR count). The van der Waals surface area contributed by atoms with Gasteiger partial charge in [-0.1, -0.05) is 5.16 Å². The highest BCUT2D eigenvalue weighted by Crippen LogP contribution is 2.30. The molecule has 1 aliphatic heterocycles. The van der Waals surface area contributed by atoms with E-state index in [0.717, 1.165) is 12.8 Å². The predicted molar refractivity (Wildman–Crippen MR) is 83.8 cm³/mol. The van der Waals surface area contributed by atoms with Crippen LogP contribution in [0, 0.1) is 5.82 Å². The fourth-order valence-corrected chi connectivity index (χ4v) is 2.76. The monoisotopic (exact) mass is 334 g/mol. The van der Waals surface area contributed by atoms with Crippen LogP contribution in [0.1, 0.15) is 42.0 Å². The Hall–Kier alpha value is -2.25. The number of rotatable bonds is 4. The van der Waals surface area contributed by atoms with Crippen molar-refractivity contribution in [3.8, 4) is 11.3 Å². The maximum atomic E-state index is 13.1. The largest absolute Gasteiger partial charge is 0.388 e. The molecule has 0 radical (unpaired) electrons. The van der Waals surface area contributed by atoms with E-state index in [9.17, 15) is 14.3 Å². The summed E-state index contributed by atoms with van der Waals surface area (Å²) in [6.45, 7) is 2.74. The van der Waals surface area contributed by atoms with Crippen LogP contribution in [-0.2, 0) is 4.74 Å². The SMILES string of the molecule is CC(O)c1c(-c2ccc(F)cc2)noc1C(=O)NC1CCOCC1. The van der Waals surface area contributed by atoms with Crippen LogP contribution in [0.3, 0.4) is 0 Å². The van der Waals surface area contributed by atoms with E-state index in [4.69, 9.17) is 9.26 Å². The van der Waals surface area contributed by atoms with Gasteiger partial charge in [0.2, 0.25) is 5.76 Å². The molecule has 0 spiro atoms. The number of nitrogens with zero attached hydrogens (tertiary/aromatic N) is 1. The molecule has 1 aliphatic rings. The van der Waals surface area contributed by atoms with Crippen molar-refractivity contribution in [1.29, 1.82) is 0 Å². The number of amides is 1. The van der Waals surface area contributed by atoms with E-state index in [1.165, 1.54) is 31.2 Å². The van der Waals surface area contributed by atoms with Crippen molar-refractivity contribution in [3.63, 3.8) is 0 Å². The molecule has 1 atom stereocenters. The molecule has 0 saturated carbocycles. The lowest BCUT2D eigenvalue weighted by Crippen LogP contribution is -2.39. The van der Waals surface area contributed by atoms with Crippen molar-refractivity contribution in [1.82, 2.24) is 10.5 Å². The second-order valence-electron chi connectivity index (χ2n) is 5.82. The molecule has 0 aliphatic carbocycles. The van der Waals surface area contributed by atoms with Crippen LogP contribution in [0.25, 0.3) is 11.3 Å². The normalized spacial score (nSPS) is 16.8. The van der Waals surface area contributed by atoms with Gasteiger partial charge in [-0.3, -0.25) is 4.79 Å². The van der Waals surface area contributed by atoms with Gasteiger partial charge in [-0.15, -0.1) is 0 Å². The van der Waals surface area contributed by atoms with Crippen LogP contribution in [0.4, 0.5) is 4.39 Å². The van der Waals surface area contributed by atoms with Crippen LogP contribution in [0.15, 0.2) is 28.8 Å². The quantitative estimate of drug-likeness (QED) is 0.897. The van der Waals surface area contributed by atoms with Gasteiger partial charge in [0, 0.05) is 24.8 Å². The fourth-order valence-electron chi connectivity index (χ4n) is 2.76. The van der Waals surface area contributed by atoms with Gasteiger partial charge < -0.3 is 19.7 Å². The van der Waals surface area contributed by atoms with E-state index in [1.54, 1.807) is 0 Å². The zero-order valence-electron chi connectivity index (χ0n) is 13.3. The van der Waals surface area contributed by atoms with Crippen LogP contribution in [-0.4, -0.2) is 35.4 Å². The molecule has 1 fully saturated rings. The third kappa shape index (κ3) is 3.47. The van der Waals surface area contributed by atoms with Crippen molar-refractivity contribution >= 4 is 5.91 Å². The lowest BCUT2D eigenvalue weighted by Gasteiger charge is -2.22. The molecule has 2 N–H and O–H groups in total. The minimum atomic E-state index is -0.952. The summed E-state index contributed by atoms with van der Waals surface area (Å²) in [5.41, 5.74) is 1.20. The summed E-state index contributed by atoms with van der Waals surface area (Å²) >= 11 is 0. The van der Waals surface area contributed by atoms with Crippen molar-refractivity contribution in [3.05, 3.63) is 41.4 Å². The number of hydrogen-bond acceptors (Lipinski definition) is 5. The van der Waals surface area contributed by atoms with Crippen LogP contribution in [0.2, 0.25) is 0 Å². The highest BCUT2D eigenvalue weighted by Gasteiger charge is 2.28. The number of aliphatic hydroxyl groups excluding tert-OH is 1. The second kappa shape index (κ2) is 7.11. The number of carbonyl (C=O) groups excluding carboxylic acids is 1. The maximum absolute atomic E-state index is 13.1. The third-order valence-electron chi connectivity index (χ3n) is 4.03. The molecule has 1 amide bonds. The molecular formula is C17H19FN2O4. The minimum Gasteiger partial charge on any atom is -0.388 e. The van der Waals surface area contributed by atoms with Gasteiger partial charge in [0.1, 0.15) is 11.5 Å². The Morgan fingerprint density at radius 2 is 2.00 bits per heavy atom. The van der Waals surface area contributed by atoms with Gasteiger partial charge in [0.15, 0.2) is 0 Å². The number of ether oxygens (including phenoxy) is 1. The van der Waals surface area contributed by atoms with Gasteiger partial charge in [-0.2, -0.15) is 0 Å². The topological polar surface area (TPSA) is 84.6 Å². The Bertz CT molecular complexity index is 706. The second-order valence-corrected chi connectivity index (χ2v) is 5.82. The molecule has 2 heterocycles. The molecule has 24 heavy (non-hydrogen) atoms. The predicted octanol–water partition coefficient (Wildman–Crippen LogP) is 2.44. The smallest absolute Gasteiger partial charge is 0.290 e. The summed E-state index contributed by atoms with van der Waals surface area (Å²) in [4.78, 5) is 12.5. The van der Waals surface area contributed by atoms with Crippen molar-refractivity contribution in [2.75, 3.05) is 13.2 Å². The number of carbonyl (C=O) groups is 1. The summed E-state index contributed by atoms with van der Waals surface area (Å²) in [7, 11) is 0. The molecule has 7 heteroatoms. The van der Waals surface area contributed by atoms with Gasteiger partial charge in [-0.05, 0) is 44.0 Å². The summed E-state index contributed by atoms with van der Waals surface area (Å²) in [6, 6.07) is 5.64. The Kier molecular flexibility index (Phi) is 4.92. The van der Waals surface area contributed by atoms with E-state index in [-0.39, 0.29) is 17.6 Å². The van der Waals surface area contributed by atoms with Gasteiger partial charge in [-0.25, -0.2) is 4.39 Å². The Balaban J connectivity index is 1.88. The first kappa shape index (κ1) is 16.6. The fraction of sp³-hybridized carbons (Fsp3) is 0.412. The lowest BCUT2D eigenvalue weighted by atomic mass is 10.0. The highest BCUT2D eigenvalue weighted by molar-refractivity contribution is 5.94. The zero-order valence-corrected chi connectivity index (χ0v) is 13.3. The summed E-state index contributed by atoms with van der Waals surface area (Å²) in [5, 5.41) is 16.9. The molecule has 0 bridgehead atoms. The van der Waals surface area contributed by atoms with Crippen LogP contribution in [0.5, 0.6) is 0 Å². The first-order valence-electron chi connectivity index (χ1n) is 7.88. The first-order valence-corrected chi connectivity index (χ1v) is 7.88. The summed E-state index contributed by atoms with van der Waals surface area (Å²) in [6.07, 6.45) is 0.510. The molecule has 1 unspecified atom stereocenters. The standard InChI is InChI=1S/C17H19FN2O4/c1-10(21)14-15(11-2-4-12(18)5-3-11)20-24-16(14)17(22)19-13-6-8-23-9-7-13/h2-5,10,13,21H,6-9H2,1H3,(H,19,22). The average Bonchev–Trinajstić information content (AvgIpc) is 3.02. The van der Waals surface area contributed by atoms with Crippen molar-refractivity contribution in [2.24, 2.45) is 0 Å².